The number of nitrogens with one attached hydrogen (secondary N) is 2. The Morgan fingerprint density at radius 2 is 1.81 bits per heavy atom. The Morgan fingerprint density at radius 3 is 2.44 bits per heavy atom. The fraction of sp³-hybridized carbons (Fsp3) is 0.800. The molecule has 7 nitrogen and oxygen atoms in total. The number of rotatable bonds is 5. The van der Waals surface area contributed by atoms with Crippen LogP contribution in [0.5, 0.6) is 0 Å². The molecule has 0 aromatic heterocycles. The van der Waals surface area contributed by atoms with Crippen LogP contribution in [-0.2, 0) is 9.53 Å². The monoisotopic (exact) mass is 448 g/mol. The molecule has 1 heterocycles. The summed E-state index contributed by atoms with van der Waals surface area (Å²) in [5.74, 6) is 1.06. The van der Waals surface area contributed by atoms with Crippen molar-refractivity contribution in [3.8, 4) is 0 Å². The molecular formula is C25H44N4O3. The van der Waals surface area contributed by atoms with Crippen LogP contribution in [0.1, 0.15) is 80.1 Å². The summed E-state index contributed by atoms with van der Waals surface area (Å²) in [6.07, 6.45) is 10.7. The second-order valence-electron chi connectivity index (χ2n) is 10.7. The van der Waals surface area contributed by atoms with Crippen molar-refractivity contribution in [1.29, 1.82) is 0 Å². The Bertz CT molecular complexity index is 692. The second kappa shape index (κ2) is 11.2. The normalized spacial score (nSPS) is 30.3. The highest BCUT2D eigenvalue weighted by Crippen LogP contribution is 2.31. The fourth-order valence-corrected chi connectivity index (χ4v) is 4.75. The van der Waals surface area contributed by atoms with Gasteiger partial charge in [0.2, 0.25) is 5.91 Å². The van der Waals surface area contributed by atoms with Crippen molar-refractivity contribution in [2.45, 2.75) is 97.2 Å². The van der Waals surface area contributed by atoms with E-state index in [0.717, 1.165) is 25.7 Å². The van der Waals surface area contributed by atoms with Crippen LogP contribution in [0.3, 0.4) is 0 Å². The maximum atomic E-state index is 13.3. The van der Waals surface area contributed by atoms with E-state index in [9.17, 15) is 9.59 Å². The minimum atomic E-state index is -0.879. The Hall–Kier alpha value is -2.05. The largest absolute Gasteiger partial charge is 0.444 e. The van der Waals surface area contributed by atoms with Crippen LogP contribution >= 0.6 is 0 Å². The lowest BCUT2D eigenvalue weighted by atomic mass is 9.77. The maximum Gasteiger partial charge on any atom is 0.408 e. The number of nitrogens with zero attached hydrogens (tertiary/aromatic N) is 2. The molecule has 0 aromatic carbocycles. The predicted octanol–water partition coefficient (Wildman–Crippen LogP) is 4.48. The molecule has 0 radical (unpaired) electrons. The molecule has 1 unspecified atom stereocenters. The molecule has 1 saturated carbocycles. The first-order valence-corrected chi connectivity index (χ1v) is 12.2. The molecule has 0 spiro atoms. The first-order chi connectivity index (χ1) is 14.9. The molecule has 0 bridgehead atoms. The summed E-state index contributed by atoms with van der Waals surface area (Å²) in [5.41, 5.74) is -1.48. The zero-order valence-corrected chi connectivity index (χ0v) is 21.1. The molecule has 4 atom stereocenters. The molecule has 2 aliphatic rings. The van der Waals surface area contributed by atoms with Gasteiger partial charge >= 0.3 is 6.09 Å². The first kappa shape index (κ1) is 26.2. The van der Waals surface area contributed by atoms with Gasteiger partial charge in [-0.05, 0) is 64.7 Å². The number of alkyl carbamates (subject to hydrolysis) is 1. The Balaban J connectivity index is 2.03. The van der Waals surface area contributed by atoms with Crippen LogP contribution in [0.25, 0.3) is 0 Å². The smallest absolute Gasteiger partial charge is 0.408 e. The van der Waals surface area contributed by atoms with E-state index in [4.69, 9.17) is 4.74 Å². The topological polar surface area (TPSA) is 83.0 Å². The van der Waals surface area contributed by atoms with Gasteiger partial charge in [-0.25, -0.2) is 4.79 Å². The van der Waals surface area contributed by atoms with Crippen molar-refractivity contribution in [2.75, 3.05) is 13.6 Å². The van der Waals surface area contributed by atoms with Gasteiger partial charge in [0.05, 0.1) is 12.4 Å². The summed E-state index contributed by atoms with van der Waals surface area (Å²) < 4.78 is 5.45. The van der Waals surface area contributed by atoms with Crippen molar-refractivity contribution in [1.82, 2.24) is 15.5 Å². The number of ether oxygens (including phenoxy) is 1. The van der Waals surface area contributed by atoms with Crippen LogP contribution in [0, 0.1) is 17.8 Å². The Kier molecular flexibility index (Phi) is 9.17. The van der Waals surface area contributed by atoms with Crippen molar-refractivity contribution >= 4 is 18.3 Å². The standard InChI is InChI=1S/C25H44N4O3/c1-18-12-16-29(7)17-27-20(3)19(2)21(18)11-15-26-22(30)25(13-9-8-10-14-25)28-23(31)32-24(4,5)6/h12,16-21H,8-11,13-15H2,1-7H3,(H,26,30)(H,28,31)/b16-12+,27-17-/t18?,19-,20-,21+/m0/s1. The Labute approximate surface area is 194 Å². The number of carbonyl (C=O) groups is 2. The maximum absolute atomic E-state index is 13.3. The third-order valence-corrected chi connectivity index (χ3v) is 6.87. The average Bonchev–Trinajstić information content (AvgIpc) is 2.75. The van der Waals surface area contributed by atoms with Crippen LogP contribution in [0.2, 0.25) is 0 Å². The van der Waals surface area contributed by atoms with Gasteiger partial charge in [-0.3, -0.25) is 9.79 Å². The van der Waals surface area contributed by atoms with Crippen molar-refractivity contribution < 1.29 is 14.3 Å². The van der Waals surface area contributed by atoms with Crippen LogP contribution in [0.4, 0.5) is 4.79 Å². The van der Waals surface area contributed by atoms with E-state index in [1.165, 1.54) is 0 Å². The number of amides is 2. The van der Waals surface area contributed by atoms with Crippen LogP contribution in [-0.4, -0.2) is 54.0 Å². The number of hydrogen-bond donors (Lipinski definition) is 2. The highest BCUT2D eigenvalue weighted by Gasteiger charge is 2.42. The molecule has 2 amide bonds. The third-order valence-electron chi connectivity index (χ3n) is 6.87. The number of aliphatic imine (C=N–C) groups is 1. The molecule has 1 fully saturated rings. The molecule has 2 rings (SSSR count). The zero-order chi connectivity index (χ0) is 23.9. The van der Waals surface area contributed by atoms with E-state index in [-0.39, 0.29) is 11.9 Å². The highest BCUT2D eigenvalue weighted by molar-refractivity contribution is 5.90. The zero-order valence-electron chi connectivity index (χ0n) is 21.1. The van der Waals surface area contributed by atoms with Gasteiger partial charge in [0, 0.05) is 19.8 Å². The van der Waals surface area contributed by atoms with Gasteiger partial charge in [-0.15, -0.1) is 0 Å². The average molecular weight is 449 g/mol. The molecule has 7 heteroatoms. The van der Waals surface area contributed by atoms with E-state index in [2.05, 4.69) is 48.7 Å². The van der Waals surface area contributed by atoms with Crippen molar-refractivity contribution in [3.05, 3.63) is 12.3 Å². The van der Waals surface area contributed by atoms with E-state index in [0.29, 0.717) is 37.1 Å². The van der Waals surface area contributed by atoms with E-state index in [1.54, 1.807) is 0 Å². The summed E-state index contributed by atoms with van der Waals surface area (Å²) in [6.45, 7) is 12.7. The minimum absolute atomic E-state index is 0.0900. The van der Waals surface area contributed by atoms with Crippen molar-refractivity contribution in [2.24, 2.45) is 22.7 Å². The molecule has 1 aliphatic heterocycles. The SMILES string of the molecule is CC1/C=C/N(C)/C=N\[C@@H](C)[C@H](C)[C@@H]1CCNC(=O)C1(NC(=O)OC(C)(C)C)CCCCC1. The minimum Gasteiger partial charge on any atom is -0.444 e. The van der Waals surface area contributed by atoms with Gasteiger partial charge in [0.25, 0.3) is 0 Å². The van der Waals surface area contributed by atoms with Crippen molar-refractivity contribution in [3.63, 3.8) is 0 Å². The molecule has 2 N–H and O–H groups in total. The highest BCUT2D eigenvalue weighted by atomic mass is 16.6. The number of allylic oxidation sites excluding steroid dienone is 1. The summed E-state index contributed by atoms with van der Waals surface area (Å²) in [4.78, 5) is 32.4. The van der Waals surface area contributed by atoms with Gasteiger partial charge < -0.3 is 20.3 Å². The predicted molar refractivity (Wildman–Crippen MR) is 129 cm³/mol. The number of carbonyl (C=O) groups excluding carboxylic acids is 2. The van der Waals surface area contributed by atoms with E-state index in [1.807, 2.05) is 39.1 Å². The first-order valence-electron chi connectivity index (χ1n) is 12.2. The third kappa shape index (κ3) is 7.52. The molecular weight excluding hydrogens is 404 g/mol. The van der Waals surface area contributed by atoms with Gasteiger partial charge in [-0.1, -0.05) is 39.2 Å². The lowest BCUT2D eigenvalue weighted by molar-refractivity contribution is -0.129. The van der Waals surface area contributed by atoms with E-state index < -0.39 is 17.2 Å². The summed E-state index contributed by atoms with van der Waals surface area (Å²) in [7, 11) is 1.99. The summed E-state index contributed by atoms with van der Waals surface area (Å²) in [5, 5.41) is 6.07. The van der Waals surface area contributed by atoms with Gasteiger partial charge in [0.1, 0.15) is 11.1 Å². The Morgan fingerprint density at radius 1 is 1.16 bits per heavy atom. The molecule has 32 heavy (non-hydrogen) atoms. The van der Waals surface area contributed by atoms with Gasteiger partial charge in [-0.2, -0.15) is 0 Å². The van der Waals surface area contributed by atoms with Crippen LogP contribution < -0.4 is 10.6 Å². The number of hydrogen-bond acceptors (Lipinski definition) is 5. The molecule has 182 valence electrons. The quantitative estimate of drug-likeness (QED) is 0.649. The van der Waals surface area contributed by atoms with E-state index >= 15 is 0 Å². The second-order valence-corrected chi connectivity index (χ2v) is 10.7. The fourth-order valence-electron chi connectivity index (χ4n) is 4.75. The molecule has 0 aromatic rings. The lowest BCUT2D eigenvalue weighted by Gasteiger charge is -2.37. The molecule has 0 saturated heterocycles. The molecule has 1 aliphatic carbocycles. The summed E-state index contributed by atoms with van der Waals surface area (Å²) in [6, 6.07) is 0.207. The summed E-state index contributed by atoms with van der Waals surface area (Å²) >= 11 is 0. The lowest BCUT2D eigenvalue weighted by Crippen LogP contribution is -2.60. The van der Waals surface area contributed by atoms with Crippen LogP contribution in [0.15, 0.2) is 17.3 Å². The van der Waals surface area contributed by atoms with Gasteiger partial charge in [0.15, 0.2) is 0 Å².